The second-order valence-electron chi connectivity index (χ2n) is 6.02. The molecule has 0 amide bonds. The molecule has 2 rings (SSSR count). The van der Waals surface area contributed by atoms with Crippen molar-refractivity contribution >= 4 is 12.3 Å². The van der Waals surface area contributed by atoms with Crippen molar-refractivity contribution in [3.63, 3.8) is 0 Å². The van der Waals surface area contributed by atoms with Gasteiger partial charge in [0.15, 0.2) is 11.5 Å². The predicted octanol–water partition coefficient (Wildman–Crippen LogP) is 4.96. The topological polar surface area (TPSA) is 108 Å². The zero-order chi connectivity index (χ0) is 23.2. The molecule has 164 valence electrons. The van der Waals surface area contributed by atoms with E-state index in [1.165, 1.54) is 26.0 Å². The summed E-state index contributed by atoms with van der Waals surface area (Å²) >= 11 is 0. The highest BCUT2D eigenvalue weighted by Crippen LogP contribution is 2.46. The van der Waals surface area contributed by atoms with Gasteiger partial charge in [0.2, 0.25) is 0 Å². The van der Waals surface area contributed by atoms with Crippen molar-refractivity contribution in [1.82, 2.24) is 4.98 Å². The molecule has 1 aromatic carbocycles. The number of nitriles is 1. The monoisotopic (exact) mass is 438 g/mol. The highest BCUT2D eigenvalue weighted by Gasteiger charge is 2.36. The van der Waals surface area contributed by atoms with Gasteiger partial charge in [-0.25, -0.2) is 9.59 Å². The predicted molar refractivity (Wildman–Crippen MR) is 99.4 cm³/mol. The fourth-order valence-electron chi connectivity index (χ4n) is 2.68. The van der Waals surface area contributed by atoms with E-state index in [0.29, 0.717) is 0 Å². The van der Waals surface area contributed by atoms with Crippen LogP contribution in [0.1, 0.15) is 23.4 Å². The number of halogens is 3. The van der Waals surface area contributed by atoms with Gasteiger partial charge >= 0.3 is 18.5 Å². The van der Waals surface area contributed by atoms with Crippen LogP contribution in [0.15, 0.2) is 24.3 Å². The molecule has 2 aromatic rings. The fraction of sp³-hybridized carbons (Fsp3) is 0.300. The standard InChI is InChI=1S/C20H17F3N2O6/c1-11-16(30-18(26)28-3)15(13-7-4-5-8-14(13)20(21,22)23)17(12(2)25-11)31-19(27)29-10-6-9-24/h4-5,7-8H,6,10H2,1-3H3. The number of carbonyl (C=O) groups excluding carboxylic acids is 2. The van der Waals surface area contributed by atoms with E-state index < -0.39 is 35.4 Å². The molecule has 0 spiro atoms. The smallest absolute Gasteiger partial charge is 0.437 e. The molecule has 1 heterocycles. The normalized spacial score (nSPS) is 10.7. The highest BCUT2D eigenvalue weighted by atomic mass is 19.4. The Bertz CT molecular complexity index is 1030. The lowest BCUT2D eigenvalue weighted by Gasteiger charge is -2.20. The summed E-state index contributed by atoms with van der Waals surface area (Å²) in [7, 11) is 1.02. The van der Waals surface area contributed by atoms with Gasteiger partial charge in [-0.05, 0) is 19.9 Å². The van der Waals surface area contributed by atoms with Gasteiger partial charge in [-0.2, -0.15) is 18.4 Å². The number of ether oxygens (including phenoxy) is 4. The van der Waals surface area contributed by atoms with Crippen molar-refractivity contribution in [1.29, 1.82) is 5.26 Å². The van der Waals surface area contributed by atoms with Gasteiger partial charge < -0.3 is 18.9 Å². The Morgan fingerprint density at radius 3 is 2.19 bits per heavy atom. The van der Waals surface area contributed by atoms with Crippen molar-refractivity contribution in [3.8, 4) is 28.7 Å². The summed E-state index contributed by atoms with van der Waals surface area (Å²) < 4.78 is 60.4. The molecule has 0 aliphatic carbocycles. The second kappa shape index (κ2) is 9.80. The summed E-state index contributed by atoms with van der Waals surface area (Å²) in [6.45, 7) is 2.51. The summed E-state index contributed by atoms with van der Waals surface area (Å²) in [6.07, 6.45) is -7.35. The molecule has 0 fully saturated rings. The summed E-state index contributed by atoms with van der Waals surface area (Å²) in [6, 6.07) is 6.25. The van der Waals surface area contributed by atoms with Crippen molar-refractivity contribution in [2.75, 3.05) is 13.7 Å². The lowest BCUT2D eigenvalue weighted by molar-refractivity contribution is -0.137. The summed E-state index contributed by atoms with van der Waals surface area (Å²) in [5, 5.41) is 8.53. The molecule has 0 radical (unpaired) electrons. The first-order valence-corrected chi connectivity index (χ1v) is 8.75. The van der Waals surface area contributed by atoms with E-state index in [1.807, 2.05) is 0 Å². The average Bonchev–Trinajstić information content (AvgIpc) is 2.71. The number of alkyl halides is 3. The van der Waals surface area contributed by atoms with E-state index in [-0.39, 0.29) is 35.7 Å². The molecule has 0 atom stereocenters. The van der Waals surface area contributed by atoms with Gasteiger partial charge in [0.05, 0.1) is 42.1 Å². The Labute approximate surface area is 175 Å². The molecule has 0 N–H and O–H groups in total. The van der Waals surface area contributed by atoms with Gasteiger partial charge in [-0.3, -0.25) is 4.98 Å². The van der Waals surface area contributed by atoms with Gasteiger partial charge in [0, 0.05) is 5.56 Å². The van der Waals surface area contributed by atoms with E-state index in [1.54, 1.807) is 6.07 Å². The van der Waals surface area contributed by atoms with Crippen LogP contribution in [0.5, 0.6) is 11.5 Å². The third kappa shape index (κ3) is 5.63. The Morgan fingerprint density at radius 1 is 1.06 bits per heavy atom. The minimum absolute atomic E-state index is 0.0407. The molecule has 0 unspecified atom stereocenters. The zero-order valence-electron chi connectivity index (χ0n) is 16.7. The first-order chi connectivity index (χ1) is 14.6. The molecular formula is C20H17F3N2O6. The Kier molecular flexibility index (Phi) is 7.42. The summed E-state index contributed by atoms with van der Waals surface area (Å²) in [5.74, 6) is -0.780. The molecule has 11 heteroatoms. The van der Waals surface area contributed by atoms with E-state index in [2.05, 4.69) is 9.72 Å². The maximum Gasteiger partial charge on any atom is 0.513 e. The van der Waals surface area contributed by atoms with Gasteiger partial charge in [0.1, 0.15) is 6.61 Å². The number of aryl methyl sites for hydroxylation is 2. The van der Waals surface area contributed by atoms with E-state index in [9.17, 15) is 22.8 Å². The number of aromatic nitrogens is 1. The number of benzene rings is 1. The van der Waals surface area contributed by atoms with E-state index >= 15 is 0 Å². The molecule has 0 saturated heterocycles. The van der Waals surface area contributed by atoms with Crippen LogP contribution in [-0.2, 0) is 15.7 Å². The maximum absolute atomic E-state index is 13.7. The molecule has 0 aliphatic heterocycles. The van der Waals surface area contributed by atoms with Crippen LogP contribution >= 0.6 is 0 Å². The Balaban J connectivity index is 2.75. The van der Waals surface area contributed by atoms with Crippen molar-refractivity contribution < 1.29 is 41.7 Å². The largest absolute Gasteiger partial charge is 0.513 e. The lowest BCUT2D eigenvalue weighted by Crippen LogP contribution is -2.16. The first kappa shape index (κ1) is 23.5. The first-order valence-electron chi connectivity index (χ1n) is 8.75. The number of pyridine rings is 1. The van der Waals surface area contributed by atoms with E-state index in [0.717, 1.165) is 19.2 Å². The quantitative estimate of drug-likeness (QED) is 0.476. The number of methoxy groups -OCH3 is 1. The summed E-state index contributed by atoms with van der Waals surface area (Å²) in [5.41, 5.74) is -1.71. The minimum Gasteiger partial charge on any atom is -0.437 e. The molecule has 1 aromatic heterocycles. The SMILES string of the molecule is COC(=O)Oc1c(C)nc(C)c(OC(=O)OCCC#N)c1-c1ccccc1C(F)(F)F. The average molecular weight is 438 g/mol. The van der Waals surface area contributed by atoms with Gasteiger partial charge in [-0.1, -0.05) is 18.2 Å². The van der Waals surface area contributed by atoms with E-state index in [4.69, 9.17) is 19.5 Å². The third-order valence-electron chi connectivity index (χ3n) is 3.92. The summed E-state index contributed by atoms with van der Waals surface area (Å²) in [4.78, 5) is 27.9. The number of hydrogen-bond donors (Lipinski definition) is 0. The van der Waals surface area contributed by atoms with Crippen molar-refractivity contribution in [2.45, 2.75) is 26.4 Å². The Morgan fingerprint density at radius 2 is 1.65 bits per heavy atom. The maximum atomic E-state index is 13.7. The van der Waals surface area contributed by atoms with Crippen LogP contribution in [0.3, 0.4) is 0 Å². The molecule has 8 nitrogen and oxygen atoms in total. The van der Waals surface area contributed by atoms with Crippen LogP contribution in [0.2, 0.25) is 0 Å². The molecular weight excluding hydrogens is 421 g/mol. The van der Waals surface area contributed by atoms with Crippen LogP contribution in [0, 0.1) is 25.2 Å². The zero-order valence-corrected chi connectivity index (χ0v) is 16.7. The Hall–Kier alpha value is -3.81. The highest BCUT2D eigenvalue weighted by molar-refractivity contribution is 5.85. The van der Waals surface area contributed by atoms with Gasteiger partial charge in [0.25, 0.3) is 0 Å². The number of nitrogens with zero attached hydrogens (tertiary/aromatic N) is 2. The number of carbonyl (C=O) groups is 2. The van der Waals surface area contributed by atoms with Crippen LogP contribution in [-0.4, -0.2) is 31.0 Å². The number of hydrogen-bond acceptors (Lipinski definition) is 8. The molecule has 31 heavy (non-hydrogen) atoms. The van der Waals surface area contributed by atoms with Crippen LogP contribution in [0.4, 0.5) is 22.8 Å². The minimum atomic E-state index is -4.77. The molecule has 0 aliphatic rings. The fourth-order valence-corrected chi connectivity index (χ4v) is 2.68. The van der Waals surface area contributed by atoms with Gasteiger partial charge in [-0.15, -0.1) is 0 Å². The third-order valence-corrected chi connectivity index (χ3v) is 3.92. The lowest BCUT2D eigenvalue weighted by atomic mass is 9.96. The van der Waals surface area contributed by atoms with Crippen LogP contribution < -0.4 is 9.47 Å². The van der Waals surface area contributed by atoms with Crippen molar-refractivity contribution in [3.05, 3.63) is 41.2 Å². The number of rotatable bonds is 5. The second-order valence-corrected chi connectivity index (χ2v) is 6.02. The molecule has 0 saturated carbocycles. The van der Waals surface area contributed by atoms with Crippen molar-refractivity contribution in [2.24, 2.45) is 0 Å². The molecule has 0 bridgehead atoms. The van der Waals surface area contributed by atoms with Crippen LogP contribution in [0.25, 0.3) is 11.1 Å².